The highest BCUT2D eigenvalue weighted by Gasteiger charge is 2.26. The van der Waals surface area contributed by atoms with Crippen LogP contribution in [0.4, 0.5) is 0 Å². The van der Waals surface area contributed by atoms with E-state index >= 15 is 0 Å². The van der Waals surface area contributed by atoms with E-state index in [2.05, 4.69) is 10.2 Å². The topological polar surface area (TPSA) is 53.9 Å². The lowest BCUT2D eigenvalue weighted by molar-refractivity contribution is -0.133. The van der Waals surface area contributed by atoms with E-state index in [1.807, 2.05) is 23.3 Å². The molecule has 94 valence electrons. The van der Waals surface area contributed by atoms with Crippen molar-refractivity contribution >= 4 is 18.1 Å². The normalized spacial score (nSPS) is 17.4. The number of carbonyl (C=O) groups is 1. The largest absolute Gasteiger partial charge is 0.341 e. The molecule has 2 rings (SSSR count). The van der Waals surface area contributed by atoms with Gasteiger partial charge in [-0.15, -0.1) is 0 Å². The Morgan fingerprint density at radius 2 is 2.18 bits per heavy atom. The van der Waals surface area contributed by atoms with Crippen molar-refractivity contribution in [2.45, 2.75) is 39.2 Å². The van der Waals surface area contributed by atoms with Gasteiger partial charge in [0.05, 0.1) is 0 Å². The number of aromatic amines is 1. The lowest BCUT2D eigenvalue weighted by Gasteiger charge is -2.21. The molecule has 1 aromatic heterocycles. The first kappa shape index (κ1) is 12.3. The molecule has 0 spiro atoms. The molecule has 0 radical (unpaired) electrons. The van der Waals surface area contributed by atoms with Gasteiger partial charge < -0.3 is 4.90 Å². The van der Waals surface area contributed by atoms with Gasteiger partial charge in [-0.1, -0.05) is 6.92 Å². The number of carbonyl (C=O) groups excluding carboxylic acids is 1. The monoisotopic (exact) mass is 254 g/mol. The zero-order valence-corrected chi connectivity index (χ0v) is 11.1. The van der Waals surface area contributed by atoms with Crippen molar-refractivity contribution in [2.75, 3.05) is 13.1 Å². The van der Waals surface area contributed by atoms with Gasteiger partial charge in [0.25, 0.3) is 0 Å². The second-order valence-electron chi connectivity index (χ2n) is 4.38. The predicted molar refractivity (Wildman–Crippen MR) is 67.3 cm³/mol. The van der Waals surface area contributed by atoms with Crippen molar-refractivity contribution in [3.05, 3.63) is 10.6 Å². The van der Waals surface area contributed by atoms with E-state index in [9.17, 15) is 4.79 Å². The summed E-state index contributed by atoms with van der Waals surface area (Å²) < 4.78 is 2.36. The van der Waals surface area contributed by atoms with E-state index in [1.54, 1.807) is 0 Å². The van der Waals surface area contributed by atoms with Gasteiger partial charge in [0.15, 0.2) is 4.77 Å². The number of nitrogens with one attached hydrogen (secondary N) is 1. The van der Waals surface area contributed by atoms with Crippen molar-refractivity contribution in [1.29, 1.82) is 0 Å². The summed E-state index contributed by atoms with van der Waals surface area (Å²) in [4.78, 5) is 14.2. The molecule has 1 aliphatic rings. The molecule has 1 aromatic rings. The van der Waals surface area contributed by atoms with Crippen LogP contribution in [0, 0.1) is 4.77 Å². The summed E-state index contributed by atoms with van der Waals surface area (Å²) >= 11 is 5.18. The standard InChI is InChI=1S/C11H18N4OS/c1-3-9-12-13-11(17)15(9)8(2)10(16)14-6-4-5-7-14/h8H,3-7H2,1-2H3,(H,13,17). The molecular formula is C11H18N4OS. The number of aryl methyl sites for hydroxylation is 1. The second-order valence-corrected chi connectivity index (χ2v) is 4.76. The van der Waals surface area contributed by atoms with Crippen LogP contribution in [0.1, 0.15) is 38.6 Å². The highest BCUT2D eigenvalue weighted by molar-refractivity contribution is 7.71. The van der Waals surface area contributed by atoms with Crippen molar-refractivity contribution in [3.8, 4) is 0 Å². The average Bonchev–Trinajstić information content (AvgIpc) is 2.96. The molecule has 1 fully saturated rings. The van der Waals surface area contributed by atoms with Crippen molar-refractivity contribution < 1.29 is 4.79 Å². The Morgan fingerprint density at radius 3 is 2.76 bits per heavy atom. The Labute approximate surface area is 106 Å². The quantitative estimate of drug-likeness (QED) is 0.835. The highest BCUT2D eigenvalue weighted by atomic mass is 32.1. The molecule has 0 bridgehead atoms. The first-order valence-corrected chi connectivity index (χ1v) is 6.50. The third kappa shape index (κ3) is 2.26. The van der Waals surface area contributed by atoms with Crippen LogP contribution in [-0.2, 0) is 11.2 Å². The molecule has 2 heterocycles. The number of H-pyrrole nitrogens is 1. The van der Waals surface area contributed by atoms with Crippen LogP contribution < -0.4 is 0 Å². The van der Waals surface area contributed by atoms with Crippen LogP contribution in [0.15, 0.2) is 0 Å². The summed E-state index contributed by atoms with van der Waals surface area (Å²) in [5.74, 6) is 0.991. The lowest BCUT2D eigenvalue weighted by atomic mass is 10.2. The van der Waals surface area contributed by atoms with Crippen LogP contribution >= 0.6 is 12.2 Å². The van der Waals surface area contributed by atoms with Gasteiger partial charge in [-0.3, -0.25) is 14.5 Å². The first-order chi connectivity index (χ1) is 8.15. The fraction of sp³-hybridized carbons (Fsp3) is 0.727. The maximum atomic E-state index is 12.3. The molecule has 0 aromatic carbocycles. The molecule has 1 atom stereocenters. The van der Waals surface area contributed by atoms with Gasteiger partial charge in [-0.2, -0.15) is 5.10 Å². The van der Waals surface area contributed by atoms with E-state index in [0.29, 0.717) is 4.77 Å². The van der Waals surface area contributed by atoms with Crippen LogP contribution in [0.5, 0.6) is 0 Å². The molecular weight excluding hydrogens is 236 g/mol. The summed E-state index contributed by atoms with van der Waals surface area (Å²) in [7, 11) is 0. The summed E-state index contributed by atoms with van der Waals surface area (Å²) in [5.41, 5.74) is 0. The summed E-state index contributed by atoms with van der Waals surface area (Å²) in [5, 5.41) is 6.90. The molecule has 1 aliphatic heterocycles. The van der Waals surface area contributed by atoms with Gasteiger partial charge in [-0.25, -0.2) is 0 Å². The third-order valence-electron chi connectivity index (χ3n) is 3.26. The third-order valence-corrected chi connectivity index (χ3v) is 3.54. The summed E-state index contributed by atoms with van der Waals surface area (Å²) in [6.07, 6.45) is 2.98. The van der Waals surface area contributed by atoms with Crippen LogP contribution in [0.3, 0.4) is 0 Å². The van der Waals surface area contributed by atoms with Crippen LogP contribution in [0.25, 0.3) is 0 Å². The fourth-order valence-corrected chi connectivity index (χ4v) is 2.61. The Hall–Kier alpha value is -1.17. The minimum atomic E-state index is -0.255. The maximum Gasteiger partial charge on any atom is 0.245 e. The zero-order valence-electron chi connectivity index (χ0n) is 10.3. The predicted octanol–water partition coefficient (Wildman–Crippen LogP) is 1.69. The average molecular weight is 254 g/mol. The van der Waals surface area contributed by atoms with Gasteiger partial charge in [0.1, 0.15) is 11.9 Å². The minimum absolute atomic E-state index is 0.148. The Bertz CT molecular complexity index is 458. The van der Waals surface area contributed by atoms with Gasteiger partial charge in [0, 0.05) is 19.5 Å². The van der Waals surface area contributed by atoms with Gasteiger partial charge in [-0.05, 0) is 32.0 Å². The Balaban J connectivity index is 2.23. The first-order valence-electron chi connectivity index (χ1n) is 6.09. The van der Waals surface area contributed by atoms with Gasteiger partial charge in [0.2, 0.25) is 5.91 Å². The summed E-state index contributed by atoms with van der Waals surface area (Å²) in [6.45, 7) is 5.64. The molecule has 1 N–H and O–H groups in total. The van der Waals surface area contributed by atoms with Crippen molar-refractivity contribution in [1.82, 2.24) is 19.7 Å². The van der Waals surface area contributed by atoms with E-state index < -0.39 is 0 Å². The summed E-state index contributed by atoms with van der Waals surface area (Å²) in [6, 6.07) is -0.255. The number of likely N-dealkylation sites (tertiary alicyclic amines) is 1. The van der Waals surface area contributed by atoms with Crippen molar-refractivity contribution in [3.63, 3.8) is 0 Å². The second kappa shape index (κ2) is 5.00. The molecule has 1 amide bonds. The van der Waals surface area contributed by atoms with Crippen molar-refractivity contribution in [2.24, 2.45) is 0 Å². The number of rotatable bonds is 3. The van der Waals surface area contributed by atoms with E-state index in [-0.39, 0.29) is 11.9 Å². The number of aromatic nitrogens is 3. The molecule has 6 heteroatoms. The Kier molecular flexibility index (Phi) is 3.61. The number of amides is 1. The molecule has 1 unspecified atom stereocenters. The number of hydrogen-bond acceptors (Lipinski definition) is 3. The number of nitrogens with zero attached hydrogens (tertiary/aromatic N) is 3. The minimum Gasteiger partial charge on any atom is -0.341 e. The molecule has 0 saturated carbocycles. The van der Waals surface area contributed by atoms with E-state index in [0.717, 1.165) is 38.2 Å². The maximum absolute atomic E-state index is 12.3. The van der Waals surface area contributed by atoms with E-state index in [4.69, 9.17) is 12.2 Å². The smallest absolute Gasteiger partial charge is 0.245 e. The van der Waals surface area contributed by atoms with Crippen LogP contribution in [0.2, 0.25) is 0 Å². The zero-order chi connectivity index (χ0) is 12.4. The van der Waals surface area contributed by atoms with Gasteiger partial charge >= 0.3 is 0 Å². The van der Waals surface area contributed by atoms with E-state index in [1.165, 1.54) is 0 Å². The Morgan fingerprint density at radius 1 is 1.53 bits per heavy atom. The number of hydrogen-bond donors (Lipinski definition) is 1. The SMILES string of the molecule is CCc1n[nH]c(=S)n1C(C)C(=O)N1CCCC1. The van der Waals surface area contributed by atoms with Crippen LogP contribution in [-0.4, -0.2) is 38.7 Å². The lowest BCUT2D eigenvalue weighted by Crippen LogP contribution is -2.34. The fourth-order valence-electron chi connectivity index (χ4n) is 2.30. The molecule has 17 heavy (non-hydrogen) atoms. The highest BCUT2D eigenvalue weighted by Crippen LogP contribution is 2.17. The molecule has 0 aliphatic carbocycles. The molecule has 1 saturated heterocycles. The molecule has 5 nitrogen and oxygen atoms in total.